The highest BCUT2D eigenvalue weighted by molar-refractivity contribution is 9.10. The number of carbonyl (C=O) groups is 1. The van der Waals surface area contributed by atoms with Gasteiger partial charge >= 0.3 is 0 Å². The van der Waals surface area contributed by atoms with Crippen LogP contribution in [0.15, 0.2) is 22.7 Å². The van der Waals surface area contributed by atoms with Crippen molar-refractivity contribution in [2.24, 2.45) is 5.92 Å². The zero-order valence-corrected chi connectivity index (χ0v) is 11.0. The molecule has 0 aromatic heterocycles. The maximum atomic E-state index is 13.0. The van der Waals surface area contributed by atoms with Gasteiger partial charge in [-0.2, -0.15) is 0 Å². The topological polar surface area (TPSA) is 29.1 Å². The first-order valence-electron chi connectivity index (χ1n) is 5.27. The Morgan fingerprint density at radius 2 is 2.25 bits per heavy atom. The summed E-state index contributed by atoms with van der Waals surface area (Å²) in [5.41, 5.74) is 0.336. The molecule has 0 aliphatic rings. The predicted molar refractivity (Wildman–Crippen MR) is 65.9 cm³/mol. The normalized spacial score (nSPS) is 12.2. The molecule has 88 valence electrons. The SMILES string of the molecule is CCC(C)CNC(=O)c1cc(F)ccc1Br. The lowest BCUT2D eigenvalue weighted by Gasteiger charge is -2.11. The fourth-order valence-corrected chi connectivity index (χ4v) is 1.60. The van der Waals surface area contributed by atoms with Crippen LogP contribution < -0.4 is 5.32 Å². The smallest absolute Gasteiger partial charge is 0.252 e. The van der Waals surface area contributed by atoms with Crippen molar-refractivity contribution >= 4 is 21.8 Å². The van der Waals surface area contributed by atoms with Gasteiger partial charge in [-0.1, -0.05) is 20.3 Å². The molecule has 4 heteroatoms. The van der Waals surface area contributed by atoms with Crippen molar-refractivity contribution in [3.63, 3.8) is 0 Å². The maximum absolute atomic E-state index is 13.0. The van der Waals surface area contributed by atoms with E-state index < -0.39 is 5.82 Å². The first-order valence-corrected chi connectivity index (χ1v) is 6.07. The standard InChI is InChI=1S/C12H15BrFNO/c1-3-8(2)7-15-12(16)10-6-9(14)4-5-11(10)13/h4-6,8H,3,7H2,1-2H3,(H,15,16). The van der Waals surface area contributed by atoms with Gasteiger partial charge in [0.05, 0.1) is 5.56 Å². The van der Waals surface area contributed by atoms with Crippen molar-refractivity contribution in [1.29, 1.82) is 0 Å². The summed E-state index contributed by atoms with van der Waals surface area (Å²) in [5.74, 6) is -0.222. The third-order valence-electron chi connectivity index (χ3n) is 2.48. The van der Waals surface area contributed by atoms with E-state index in [-0.39, 0.29) is 5.91 Å². The Hall–Kier alpha value is -0.900. The van der Waals surface area contributed by atoms with Crippen LogP contribution in [0.5, 0.6) is 0 Å². The van der Waals surface area contributed by atoms with Gasteiger partial charge < -0.3 is 5.32 Å². The summed E-state index contributed by atoms with van der Waals surface area (Å²) < 4.78 is 13.6. The largest absolute Gasteiger partial charge is 0.352 e. The summed E-state index contributed by atoms with van der Waals surface area (Å²) in [6, 6.07) is 4.08. The predicted octanol–water partition coefficient (Wildman–Crippen LogP) is 3.36. The van der Waals surface area contributed by atoms with Crippen molar-refractivity contribution in [3.05, 3.63) is 34.1 Å². The number of amides is 1. The average Bonchev–Trinajstić information content (AvgIpc) is 2.28. The molecule has 0 aliphatic carbocycles. The van der Waals surface area contributed by atoms with Gasteiger partial charge in [-0.15, -0.1) is 0 Å². The van der Waals surface area contributed by atoms with Crippen molar-refractivity contribution in [2.45, 2.75) is 20.3 Å². The van der Waals surface area contributed by atoms with Crippen LogP contribution in [0, 0.1) is 11.7 Å². The van der Waals surface area contributed by atoms with Crippen molar-refractivity contribution in [1.82, 2.24) is 5.32 Å². The Balaban J connectivity index is 2.69. The minimum atomic E-state index is -0.406. The Morgan fingerprint density at radius 3 is 2.88 bits per heavy atom. The number of halogens is 2. The molecule has 0 saturated heterocycles. The summed E-state index contributed by atoms with van der Waals surface area (Å²) in [6.07, 6.45) is 1.00. The van der Waals surface area contributed by atoms with E-state index in [1.807, 2.05) is 0 Å². The van der Waals surface area contributed by atoms with Crippen LogP contribution in [0.3, 0.4) is 0 Å². The summed E-state index contributed by atoms with van der Waals surface area (Å²) in [7, 11) is 0. The molecule has 0 radical (unpaired) electrons. The first-order chi connectivity index (χ1) is 7.54. The van der Waals surface area contributed by atoms with Gasteiger partial charge in [0.1, 0.15) is 5.82 Å². The van der Waals surface area contributed by atoms with E-state index in [9.17, 15) is 9.18 Å². The molecule has 1 atom stereocenters. The van der Waals surface area contributed by atoms with Crippen LogP contribution >= 0.6 is 15.9 Å². The molecule has 1 rings (SSSR count). The Morgan fingerprint density at radius 1 is 1.56 bits per heavy atom. The summed E-state index contributed by atoms with van der Waals surface area (Å²) in [6.45, 7) is 4.73. The van der Waals surface area contributed by atoms with Gasteiger partial charge in [-0.25, -0.2) is 4.39 Å². The third-order valence-corrected chi connectivity index (χ3v) is 3.17. The molecular weight excluding hydrogens is 273 g/mol. The molecule has 0 saturated carbocycles. The van der Waals surface area contributed by atoms with Crippen molar-refractivity contribution < 1.29 is 9.18 Å². The van der Waals surface area contributed by atoms with E-state index in [2.05, 4.69) is 35.1 Å². The van der Waals surface area contributed by atoms with Gasteiger partial charge in [0.15, 0.2) is 0 Å². The lowest BCUT2D eigenvalue weighted by molar-refractivity contribution is 0.0946. The van der Waals surface area contributed by atoms with Crippen LogP contribution in [0.4, 0.5) is 4.39 Å². The molecule has 0 spiro atoms. The minimum absolute atomic E-state index is 0.244. The number of nitrogens with one attached hydrogen (secondary N) is 1. The highest BCUT2D eigenvalue weighted by Crippen LogP contribution is 2.17. The second-order valence-electron chi connectivity index (χ2n) is 3.85. The summed E-state index contributed by atoms with van der Waals surface area (Å²) >= 11 is 3.23. The molecule has 0 bridgehead atoms. The van der Waals surface area contributed by atoms with Gasteiger partial charge in [0.2, 0.25) is 0 Å². The zero-order valence-electron chi connectivity index (χ0n) is 9.39. The number of hydrogen-bond acceptors (Lipinski definition) is 1. The van der Waals surface area contributed by atoms with E-state index in [1.54, 1.807) is 0 Å². The second-order valence-corrected chi connectivity index (χ2v) is 4.70. The molecule has 0 fully saturated rings. The van der Waals surface area contributed by atoms with E-state index >= 15 is 0 Å². The molecule has 0 heterocycles. The monoisotopic (exact) mass is 287 g/mol. The molecule has 0 aliphatic heterocycles. The van der Waals surface area contributed by atoms with Crippen molar-refractivity contribution in [3.8, 4) is 0 Å². The second kappa shape index (κ2) is 5.99. The highest BCUT2D eigenvalue weighted by Gasteiger charge is 2.11. The third kappa shape index (κ3) is 3.59. The molecule has 1 aromatic carbocycles. The number of carbonyl (C=O) groups excluding carboxylic acids is 1. The molecule has 1 amide bonds. The molecule has 1 unspecified atom stereocenters. The number of hydrogen-bond donors (Lipinski definition) is 1. The Kier molecular flexibility index (Phi) is 4.93. The highest BCUT2D eigenvalue weighted by atomic mass is 79.9. The Bertz CT molecular complexity index is 381. The summed E-state index contributed by atoms with van der Waals surface area (Å²) in [4.78, 5) is 11.7. The van der Waals surface area contributed by atoms with Crippen LogP contribution in [0.2, 0.25) is 0 Å². The lowest BCUT2D eigenvalue weighted by Crippen LogP contribution is -2.28. The van der Waals surface area contributed by atoms with Gasteiger partial charge in [-0.05, 0) is 40.0 Å². The molecule has 1 N–H and O–H groups in total. The van der Waals surface area contributed by atoms with Crippen LogP contribution in [0.25, 0.3) is 0 Å². The van der Waals surface area contributed by atoms with Gasteiger partial charge in [0.25, 0.3) is 5.91 Å². The van der Waals surface area contributed by atoms with Crippen LogP contribution in [-0.4, -0.2) is 12.5 Å². The van der Waals surface area contributed by atoms with Crippen LogP contribution in [-0.2, 0) is 0 Å². The quantitative estimate of drug-likeness (QED) is 0.904. The average molecular weight is 288 g/mol. The van der Waals surface area contributed by atoms with E-state index in [0.29, 0.717) is 22.5 Å². The maximum Gasteiger partial charge on any atom is 0.252 e. The Labute approximate surface area is 103 Å². The van der Waals surface area contributed by atoms with Crippen molar-refractivity contribution in [2.75, 3.05) is 6.54 Å². The van der Waals surface area contributed by atoms with Gasteiger partial charge in [0, 0.05) is 11.0 Å². The molecule has 1 aromatic rings. The molecular formula is C12H15BrFNO. The molecule has 2 nitrogen and oxygen atoms in total. The minimum Gasteiger partial charge on any atom is -0.352 e. The zero-order chi connectivity index (χ0) is 12.1. The van der Waals surface area contributed by atoms with E-state index in [0.717, 1.165) is 6.42 Å². The van der Waals surface area contributed by atoms with E-state index in [4.69, 9.17) is 0 Å². The summed E-state index contributed by atoms with van der Waals surface area (Å²) in [5, 5.41) is 2.78. The number of rotatable bonds is 4. The van der Waals surface area contributed by atoms with E-state index in [1.165, 1.54) is 18.2 Å². The first kappa shape index (κ1) is 13.2. The molecule has 16 heavy (non-hydrogen) atoms. The van der Waals surface area contributed by atoms with Gasteiger partial charge in [-0.3, -0.25) is 4.79 Å². The number of benzene rings is 1. The van der Waals surface area contributed by atoms with Crippen LogP contribution in [0.1, 0.15) is 30.6 Å². The lowest BCUT2D eigenvalue weighted by atomic mass is 10.1. The fourth-order valence-electron chi connectivity index (χ4n) is 1.18. The fraction of sp³-hybridized carbons (Fsp3) is 0.417.